The van der Waals surface area contributed by atoms with Crippen molar-refractivity contribution in [2.45, 2.75) is 49.7 Å². The Morgan fingerprint density at radius 1 is 0.793 bits per heavy atom. The van der Waals surface area contributed by atoms with Crippen molar-refractivity contribution in [2.24, 2.45) is 5.92 Å². The van der Waals surface area contributed by atoms with Gasteiger partial charge < -0.3 is 54.6 Å². The van der Waals surface area contributed by atoms with Gasteiger partial charge in [-0.3, -0.25) is 0 Å². The molecule has 4 aromatic rings. The molecule has 0 saturated carbocycles. The number of nitrogens with zero attached hydrogens (tertiary/aromatic N) is 2. The maximum absolute atomic E-state index is 12.7. The third kappa shape index (κ3) is 9.55. The van der Waals surface area contributed by atoms with Crippen LogP contribution in [0.15, 0.2) is 58.3 Å². The smallest absolute Gasteiger partial charge is 0.347 e. The standard InChI is InChI=1S/C18H14Cl2O7.C18H22N2S.C4H6O6/c1-5-9-16(11(20)13(22)10(5)19)26-14-6(2)8(17(23)25-4)12(21)7(3)15(14)27-18(9)24;1-14(12-19(2)3)13-20-15-8-4-6-10-17(15)21-18-11-7-5-9-16(18)20;5-1(3(7)8)2(6)4(9)10/h21-22H,1-4H3;4-11,14H,12-13H2,1-3H3;1-2,5-6H,(H,7,8)(H,9,10). The molecule has 4 aromatic carbocycles. The van der Waals surface area contributed by atoms with E-state index < -0.39 is 47.6 Å². The van der Waals surface area contributed by atoms with Gasteiger partial charge in [0.05, 0.1) is 23.5 Å². The van der Waals surface area contributed by atoms with Gasteiger partial charge in [-0.2, -0.15) is 0 Å². The molecule has 3 unspecified atom stereocenters. The number of phenolic OH excluding ortho intramolecular Hbond substituents is 2. The lowest BCUT2D eigenvalue weighted by Gasteiger charge is -2.35. The van der Waals surface area contributed by atoms with Crippen molar-refractivity contribution in [2.75, 3.05) is 39.2 Å². The molecule has 2 aliphatic rings. The lowest BCUT2D eigenvalue weighted by Crippen LogP contribution is -2.39. The van der Waals surface area contributed by atoms with Gasteiger partial charge in [-0.25, -0.2) is 19.2 Å². The molecular weight excluding hydrogens is 819 g/mol. The van der Waals surface area contributed by atoms with Crippen molar-refractivity contribution in [3.8, 4) is 28.7 Å². The highest BCUT2D eigenvalue weighted by Crippen LogP contribution is 2.53. The molecular formula is C40H42Cl2N2O13S. The number of esters is 2. The van der Waals surface area contributed by atoms with E-state index in [9.17, 15) is 29.4 Å². The maximum Gasteiger partial charge on any atom is 0.347 e. The lowest BCUT2D eigenvalue weighted by atomic mass is 10.0. The second-order valence-corrected chi connectivity index (χ2v) is 15.3. The number of aliphatic hydroxyl groups is 2. The first kappa shape index (κ1) is 45.5. The molecule has 0 saturated heterocycles. The number of fused-ring (bicyclic) bond motifs is 4. The largest absolute Gasteiger partial charge is 0.507 e. The van der Waals surface area contributed by atoms with Gasteiger partial charge in [0.2, 0.25) is 0 Å². The summed E-state index contributed by atoms with van der Waals surface area (Å²) in [6, 6.07) is 17.4. The molecule has 6 rings (SSSR count). The van der Waals surface area contributed by atoms with Gasteiger partial charge in [-0.15, -0.1) is 0 Å². The number of anilines is 2. The van der Waals surface area contributed by atoms with Crippen molar-refractivity contribution in [3.05, 3.63) is 86.4 Å². The van der Waals surface area contributed by atoms with Crippen molar-refractivity contribution in [1.82, 2.24) is 4.90 Å². The number of phenols is 2. The van der Waals surface area contributed by atoms with E-state index in [0.29, 0.717) is 5.92 Å². The molecule has 0 aromatic heterocycles. The van der Waals surface area contributed by atoms with E-state index in [1.165, 1.54) is 49.0 Å². The minimum Gasteiger partial charge on any atom is -0.507 e. The van der Waals surface area contributed by atoms with Crippen LogP contribution in [0.5, 0.6) is 28.7 Å². The topological polar surface area (TPSA) is 224 Å². The van der Waals surface area contributed by atoms with E-state index in [2.05, 4.69) is 79.3 Å². The first-order valence-corrected chi connectivity index (χ1v) is 18.9. The van der Waals surface area contributed by atoms with Gasteiger partial charge in [0.25, 0.3) is 0 Å². The number of carboxylic acids is 2. The van der Waals surface area contributed by atoms with Crippen LogP contribution >= 0.6 is 35.0 Å². The Hall–Kier alpha value is -5.23. The van der Waals surface area contributed by atoms with Crippen molar-refractivity contribution >= 4 is 70.2 Å². The van der Waals surface area contributed by atoms with E-state index in [1.54, 1.807) is 0 Å². The summed E-state index contributed by atoms with van der Waals surface area (Å²) in [6.45, 7) is 8.91. The molecule has 310 valence electrons. The van der Waals surface area contributed by atoms with Gasteiger partial charge in [-0.05, 0) is 70.6 Å². The Bertz CT molecular complexity index is 2190. The van der Waals surface area contributed by atoms with Gasteiger partial charge in [-0.1, -0.05) is 66.2 Å². The molecule has 18 heteroatoms. The zero-order valence-electron chi connectivity index (χ0n) is 32.4. The number of carboxylic acid groups (broad SMARTS) is 2. The van der Waals surface area contributed by atoms with Crippen molar-refractivity contribution in [3.63, 3.8) is 0 Å². The minimum absolute atomic E-state index is 0.0131. The SMILES string of the molecule is CC(CN(C)C)CN1c2ccccc2Sc2ccccc21.COC(=O)c1c(C)c2c(c(C)c1O)OC(=O)c1c(C)c(Cl)c(O)c(Cl)c1O2.O=C(O)C(O)C(O)C(=O)O. The van der Waals surface area contributed by atoms with Gasteiger partial charge in [0.15, 0.2) is 35.2 Å². The summed E-state index contributed by atoms with van der Waals surface area (Å²) in [5, 5.41) is 52.6. The Kier molecular flexibility index (Phi) is 14.9. The molecule has 6 N–H and O–H groups in total. The third-order valence-electron chi connectivity index (χ3n) is 8.90. The molecule has 0 aliphatic carbocycles. The number of hydrogen-bond acceptors (Lipinski definition) is 14. The van der Waals surface area contributed by atoms with Crippen LogP contribution < -0.4 is 14.4 Å². The number of aliphatic carboxylic acids is 2. The van der Waals surface area contributed by atoms with Crippen LogP contribution in [0.4, 0.5) is 11.4 Å². The summed E-state index contributed by atoms with van der Waals surface area (Å²) in [6.07, 6.45) is -4.53. The van der Waals surface area contributed by atoms with Crippen molar-refractivity contribution in [1.29, 1.82) is 0 Å². The number of methoxy groups -OCH3 is 1. The number of hydrogen-bond donors (Lipinski definition) is 6. The average molecular weight is 862 g/mol. The van der Waals surface area contributed by atoms with Crippen LogP contribution in [-0.4, -0.2) is 106 Å². The minimum atomic E-state index is -2.27. The second-order valence-electron chi connectivity index (χ2n) is 13.5. The highest BCUT2D eigenvalue weighted by atomic mass is 35.5. The number of carbonyl (C=O) groups is 4. The molecule has 58 heavy (non-hydrogen) atoms. The highest BCUT2D eigenvalue weighted by molar-refractivity contribution is 7.99. The Labute approximate surface area is 347 Å². The van der Waals surface area contributed by atoms with Crippen LogP contribution in [0.2, 0.25) is 10.0 Å². The molecule has 2 heterocycles. The molecule has 3 atom stereocenters. The summed E-state index contributed by atoms with van der Waals surface area (Å²) in [5.41, 5.74) is 2.94. The number of benzene rings is 4. The normalized spacial score (nSPS) is 13.9. The summed E-state index contributed by atoms with van der Waals surface area (Å²) in [5.74, 6) is -5.66. The lowest BCUT2D eigenvalue weighted by molar-refractivity contribution is -0.165. The zero-order valence-corrected chi connectivity index (χ0v) is 34.7. The fourth-order valence-electron chi connectivity index (χ4n) is 6.12. The van der Waals surface area contributed by atoms with Gasteiger partial charge in [0.1, 0.15) is 21.9 Å². The molecule has 0 fully saturated rings. The molecule has 2 aliphatic heterocycles. The second kappa shape index (κ2) is 19.0. The molecule has 0 bridgehead atoms. The first-order chi connectivity index (χ1) is 27.2. The van der Waals surface area contributed by atoms with E-state index >= 15 is 0 Å². The number of para-hydroxylation sites is 2. The van der Waals surface area contributed by atoms with E-state index in [0.717, 1.165) is 13.1 Å². The molecule has 15 nitrogen and oxygen atoms in total. The Morgan fingerprint density at radius 3 is 1.78 bits per heavy atom. The summed E-state index contributed by atoms with van der Waals surface area (Å²) in [4.78, 5) is 51.8. The quantitative estimate of drug-likeness (QED) is 0.0791. The van der Waals surface area contributed by atoms with Crippen LogP contribution in [0.25, 0.3) is 0 Å². The predicted octanol–water partition coefficient (Wildman–Crippen LogP) is 6.81. The maximum atomic E-state index is 12.7. The molecule has 0 spiro atoms. The summed E-state index contributed by atoms with van der Waals surface area (Å²) >= 11 is 14.0. The van der Waals surface area contributed by atoms with Crippen LogP contribution in [0, 0.1) is 26.7 Å². The monoisotopic (exact) mass is 860 g/mol. The number of ether oxygens (including phenoxy) is 3. The number of aromatic hydroxyl groups is 2. The summed E-state index contributed by atoms with van der Waals surface area (Å²) in [7, 11) is 5.45. The zero-order chi connectivity index (χ0) is 43.3. The summed E-state index contributed by atoms with van der Waals surface area (Å²) < 4.78 is 15.9. The number of rotatable bonds is 8. The Balaban J connectivity index is 0.000000213. The van der Waals surface area contributed by atoms with Crippen molar-refractivity contribution < 1.29 is 64.0 Å². The fourth-order valence-corrected chi connectivity index (χ4v) is 7.68. The Morgan fingerprint density at radius 2 is 1.29 bits per heavy atom. The van der Waals surface area contributed by atoms with Crippen LogP contribution in [0.3, 0.4) is 0 Å². The highest BCUT2D eigenvalue weighted by Gasteiger charge is 2.36. The molecule has 0 radical (unpaired) electrons. The number of aliphatic hydroxyl groups excluding tert-OH is 2. The number of halogens is 2. The van der Waals surface area contributed by atoms with Crippen LogP contribution in [0.1, 0.15) is 44.3 Å². The number of carbonyl (C=O) groups excluding carboxylic acids is 2. The third-order valence-corrected chi connectivity index (χ3v) is 10.8. The average Bonchev–Trinajstić information content (AvgIpc) is 3.34. The van der Waals surface area contributed by atoms with Gasteiger partial charge in [0, 0.05) is 34.0 Å². The first-order valence-electron chi connectivity index (χ1n) is 17.4. The van der Waals surface area contributed by atoms with E-state index in [1.807, 2.05) is 11.8 Å². The molecule has 0 amide bonds. The van der Waals surface area contributed by atoms with Crippen LogP contribution in [-0.2, 0) is 14.3 Å². The van der Waals surface area contributed by atoms with E-state index in [4.69, 9.17) is 57.8 Å². The fraction of sp³-hybridized carbons (Fsp3) is 0.300. The van der Waals surface area contributed by atoms with E-state index in [-0.39, 0.29) is 55.1 Å². The van der Waals surface area contributed by atoms with Gasteiger partial charge >= 0.3 is 23.9 Å². The predicted molar refractivity (Wildman–Crippen MR) is 216 cm³/mol.